The maximum Gasteiger partial charge on any atom is 0.218 e. The molecule has 0 aliphatic heterocycles. The van der Waals surface area contributed by atoms with Crippen LogP contribution in [-0.2, 0) is 6.42 Å². The standard InChI is InChI=1S/C11H14FN3O/c1-2-13-4-3-7-6-14-11-10(7)8(16)5-9(12)15-11/h5-6,13H,2-4H2,1H3,(H2,14,15,16). The number of likely N-dealkylation sites (N-methyl/N-ethyl adjacent to an activating group) is 1. The Morgan fingerprint density at radius 2 is 2.38 bits per heavy atom. The van der Waals surface area contributed by atoms with Gasteiger partial charge in [0.05, 0.1) is 5.39 Å². The number of nitrogens with one attached hydrogen (secondary N) is 2. The van der Waals surface area contributed by atoms with E-state index in [0.717, 1.165) is 31.1 Å². The van der Waals surface area contributed by atoms with Crippen LogP contribution in [0.3, 0.4) is 0 Å². The number of hydrogen-bond acceptors (Lipinski definition) is 3. The third-order valence-electron chi connectivity index (χ3n) is 2.49. The van der Waals surface area contributed by atoms with Crippen LogP contribution in [0.2, 0.25) is 0 Å². The van der Waals surface area contributed by atoms with E-state index in [0.29, 0.717) is 11.0 Å². The number of aromatic amines is 1. The van der Waals surface area contributed by atoms with Gasteiger partial charge >= 0.3 is 0 Å². The van der Waals surface area contributed by atoms with E-state index in [1.54, 1.807) is 6.20 Å². The molecule has 2 aromatic rings. The van der Waals surface area contributed by atoms with Crippen molar-refractivity contribution in [1.29, 1.82) is 0 Å². The van der Waals surface area contributed by atoms with Crippen LogP contribution >= 0.6 is 0 Å². The molecule has 0 radical (unpaired) electrons. The zero-order chi connectivity index (χ0) is 11.5. The van der Waals surface area contributed by atoms with Crippen LogP contribution in [-0.4, -0.2) is 28.2 Å². The molecule has 0 aliphatic carbocycles. The number of hydrogen-bond donors (Lipinski definition) is 3. The second kappa shape index (κ2) is 4.49. The lowest BCUT2D eigenvalue weighted by atomic mass is 10.1. The zero-order valence-electron chi connectivity index (χ0n) is 9.05. The molecular formula is C11H14FN3O. The van der Waals surface area contributed by atoms with Crippen LogP contribution < -0.4 is 5.32 Å². The normalized spacial score (nSPS) is 11.1. The van der Waals surface area contributed by atoms with Gasteiger partial charge in [-0.1, -0.05) is 6.92 Å². The van der Waals surface area contributed by atoms with E-state index >= 15 is 0 Å². The van der Waals surface area contributed by atoms with Gasteiger partial charge in [-0.3, -0.25) is 0 Å². The van der Waals surface area contributed by atoms with Gasteiger partial charge in [-0.05, 0) is 25.1 Å². The molecule has 0 aromatic carbocycles. The molecule has 0 saturated carbocycles. The van der Waals surface area contributed by atoms with Gasteiger partial charge in [0.15, 0.2) is 0 Å². The van der Waals surface area contributed by atoms with Crippen molar-refractivity contribution in [3.05, 3.63) is 23.8 Å². The Bertz CT molecular complexity index is 495. The molecule has 0 spiro atoms. The fraction of sp³-hybridized carbons (Fsp3) is 0.364. The topological polar surface area (TPSA) is 60.9 Å². The number of nitrogens with zero attached hydrogens (tertiary/aromatic N) is 1. The monoisotopic (exact) mass is 223 g/mol. The van der Waals surface area contributed by atoms with Crippen molar-refractivity contribution in [2.24, 2.45) is 0 Å². The van der Waals surface area contributed by atoms with Gasteiger partial charge in [0.25, 0.3) is 0 Å². The van der Waals surface area contributed by atoms with Crippen molar-refractivity contribution in [1.82, 2.24) is 15.3 Å². The van der Waals surface area contributed by atoms with E-state index in [1.807, 2.05) is 6.92 Å². The summed E-state index contributed by atoms with van der Waals surface area (Å²) >= 11 is 0. The Kier molecular flexibility index (Phi) is 3.05. The Morgan fingerprint density at radius 1 is 1.56 bits per heavy atom. The number of halogens is 1. The Hall–Kier alpha value is -1.62. The maximum atomic E-state index is 12.9. The maximum absolute atomic E-state index is 12.9. The molecule has 0 bridgehead atoms. The van der Waals surface area contributed by atoms with Crippen LogP contribution in [0.25, 0.3) is 11.0 Å². The average molecular weight is 223 g/mol. The molecule has 0 aliphatic rings. The number of rotatable bonds is 4. The van der Waals surface area contributed by atoms with Crippen molar-refractivity contribution in [3.8, 4) is 5.75 Å². The van der Waals surface area contributed by atoms with Gasteiger partial charge in [0.2, 0.25) is 5.95 Å². The van der Waals surface area contributed by atoms with Gasteiger partial charge in [-0.15, -0.1) is 0 Å². The second-order valence-electron chi connectivity index (χ2n) is 3.61. The Morgan fingerprint density at radius 3 is 3.12 bits per heavy atom. The summed E-state index contributed by atoms with van der Waals surface area (Å²) in [6.07, 6.45) is 2.53. The quantitative estimate of drug-likeness (QED) is 0.544. The third kappa shape index (κ3) is 1.99. The molecule has 2 heterocycles. The molecule has 0 unspecified atom stereocenters. The fourth-order valence-corrected chi connectivity index (χ4v) is 1.75. The molecule has 16 heavy (non-hydrogen) atoms. The summed E-state index contributed by atoms with van der Waals surface area (Å²) in [5, 5.41) is 13.5. The number of aromatic hydroxyl groups is 1. The summed E-state index contributed by atoms with van der Waals surface area (Å²) in [5.74, 6) is -0.736. The molecule has 3 N–H and O–H groups in total. The van der Waals surface area contributed by atoms with E-state index in [1.165, 1.54) is 0 Å². The van der Waals surface area contributed by atoms with Crippen LogP contribution in [0.4, 0.5) is 4.39 Å². The van der Waals surface area contributed by atoms with E-state index in [2.05, 4.69) is 15.3 Å². The molecule has 0 fully saturated rings. The molecule has 2 aromatic heterocycles. The van der Waals surface area contributed by atoms with E-state index in [4.69, 9.17) is 0 Å². The highest BCUT2D eigenvalue weighted by Crippen LogP contribution is 2.27. The Labute approximate surface area is 92.5 Å². The second-order valence-corrected chi connectivity index (χ2v) is 3.61. The van der Waals surface area contributed by atoms with Gasteiger partial charge in [0.1, 0.15) is 11.4 Å². The summed E-state index contributed by atoms with van der Waals surface area (Å²) in [4.78, 5) is 6.54. The lowest BCUT2D eigenvalue weighted by molar-refractivity contribution is 0.472. The highest BCUT2D eigenvalue weighted by Gasteiger charge is 2.10. The van der Waals surface area contributed by atoms with Gasteiger partial charge in [0, 0.05) is 12.3 Å². The first kappa shape index (κ1) is 10.9. The molecule has 4 nitrogen and oxygen atoms in total. The minimum Gasteiger partial charge on any atom is -0.507 e. The highest BCUT2D eigenvalue weighted by molar-refractivity contribution is 5.85. The summed E-state index contributed by atoms with van der Waals surface area (Å²) < 4.78 is 12.9. The minimum atomic E-state index is -0.676. The highest BCUT2D eigenvalue weighted by atomic mass is 19.1. The lowest BCUT2D eigenvalue weighted by Crippen LogP contribution is -2.15. The molecule has 0 atom stereocenters. The fourth-order valence-electron chi connectivity index (χ4n) is 1.75. The van der Waals surface area contributed by atoms with Crippen LogP contribution in [0, 0.1) is 5.95 Å². The van der Waals surface area contributed by atoms with Crippen molar-refractivity contribution >= 4 is 11.0 Å². The first-order valence-electron chi connectivity index (χ1n) is 5.28. The number of H-pyrrole nitrogens is 1. The van der Waals surface area contributed by atoms with E-state index < -0.39 is 5.95 Å². The zero-order valence-corrected chi connectivity index (χ0v) is 9.05. The summed E-state index contributed by atoms with van der Waals surface area (Å²) in [5.41, 5.74) is 1.34. The molecule has 5 heteroatoms. The molecule has 0 saturated heterocycles. The predicted molar refractivity (Wildman–Crippen MR) is 60.0 cm³/mol. The first-order valence-corrected chi connectivity index (χ1v) is 5.28. The molecule has 0 amide bonds. The smallest absolute Gasteiger partial charge is 0.218 e. The van der Waals surface area contributed by atoms with Crippen LogP contribution in [0.15, 0.2) is 12.3 Å². The van der Waals surface area contributed by atoms with Crippen molar-refractivity contribution < 1.29 is 9.50 Å². The Balaban J connectivity index is 2.33. The van der Waals surface area contributed by atoms with Gasteiger partial charge in [-0.25, -0.2) is 4.98 Å². The van der Waals surface area contributed by atoms with Crippen LogP contribution in [0.1, 0.15) is 12.5 Å². The van der Waals surface area contributed by atoms with Gasteiger partial charge < -0.3 is 15.4 Å². The third-order valence-corrected chi connectivity index (χ3v) is 2.49. The number of fused-ring (bicyclic) bond motifs is 1. The predicted octanol–water partition coefficient (Wildman–Crippen LogP) is 1.56. The SMILES string of the molecule is CCNCCc1c[nH]c2nc(F)cc(O)c12. The largest absolute Gasteiger partial charge is 0.507 e. The summed E-state index contributed by atoms with van der Waals surface area (Å²) in [6, 6.07) is 1.03. The molecule has 2 rings (SSSR count). The average Bonchev–Trinajstić information content (AvgIpc) is 2.62. The van der Waals surface area contributed by atoms with Crippen molar-refractivity contribution in [2.75, 3.05) is 13.1 Å². The van der Waals surface area contributed by atoms with Crippen molar-refractivity contribution in [2.45, 2.75) is 13.3 Å². The van der Waals surface area contributed by atoms with Crippen LogP contribution in [0.5, 0.6) is 5.75 Å². The summed E-state index contributed by atoms with van der Waals surface area (Å²) in [7, 11) is 0. The number of pyridine rings is 1. The number of aromatic nitrogens is 2. The lowest BCUT2D eigenvalue weighted by Gasteiger charge is -2.01. The first-order chi connectivity index (χ1) is 7.72. The van der Waals surface area contributed by atoms with Crippen molar-refractivity contribution in [3.63, 3.8) is 0 Å². The minimum absolute atomic E-state index is 0.0600. The van der Waals surface area contributed by atoms with E-state index in [9.17, 15) is 9.50 Å². The van der Waals surface area contributed by atoms with Gasteiger partial charge in [-0.2, -0.15) is 4.39 Å². The summed E-state index contributed by atoms with van der Waals surface area (Å²) in [6.45, 7) is 3.76. The molecular weight excluding hydrogens is 209 g/mol. The van der Waals surface area contributed by atoms with E-state index in [-0.39, 0.29) is 5.75 Å². The molecule has 86 valence electrons.